The molecule has 0 radical (unpaired) electrons. The Labute approximate surface area is 116 Å². The number of aryl methyl sites for hydroxylation is 2. The number of hydrogen-bond acceptors (Lipinski definition) is 2. The van der Waals surface area contributed by atoms with Crippen LogP contribution in [0.25, 0.3) is 11.2 Å². The van der Waals surface area contributed by atoms with Gasteiger partial charge in [0.1, 0.15) is 5.82 Å². The van der Waals surface area contributed by atoms with Gasteiger partial charge in [-0.2, -0.15) is 0 Å². The molecule has 4 heteroatoms. The molecule has 0 fully saturated rings. The quantitative estimate of drug-likeness (QED) is 0.711. The van der Waals surface area contributed by atoms with Crippen LogP contribution in [0.15, 0.2) is 36.5 Å². The Morgan fingerprint density at radius 2 is 2.05 bits per heavy atom. The Morgan fingerprint density at radius 3 is 2.84 bits per heavy atom. The van der Waals surface area contributed by atoms with Gasteiger partial charge in [0.25, 0.3) is 0 Å². The molecule has 0 aliphatic carbocycles. The number of nitrogens with zero attached hydrogens (tertiary/aromatic N) is 3. The third kappa shape index (κ3) is 2.22. The maximum Gasteiger partial charge on any atom is 0.177 e. The second kappa shape index (κ2) is 4.67. The van der Waals surface area contributed by atoms with Crippen molar-refractivity contribution in [2.45, 2.75) is 20.4 Å². The van der Waals surface area contributed by atoms with Gasteiger partial charge in [0.05, 0.1) is 5.52 Å². The SMILES string of the molecule is Cc1cc(Cl)ccc1Cn1c(C)nc2ncccc21. The van der Waals surface area contributed by atoms with Crippen LogP contribution < -0.4 is 0 Å². The topological polar surface area (TPSA) is 30.7 Å². The normalized spacial score (nSPS) is 11.1. The fourth-order valence-corrected chi connectivity index (χ4v) is 2.51. The van der Waals surface area contributed by atoms with Gasteiger partial charge >= 0.3 is 0 Å². The number of imidazole rings is 1. The summed E-state index contributed by atoms with van der Waals surface area (Å²) in [5.74, 6) is 0.975. The van der Waals surface area contributed by atoms with Crippen molar-refractivity contribution in [2.24, 2.45) is 0 Å². The van der Waals surface area contributed by atoms with Crippen LogP contribution in [0, 0.1) is 13.8 Å². The van der Waals surface area contributed by atoms with Gasteiger partial charge in [-0.05, 0) is 49.2 Å². The van der Waals surface area contributed by atoms with Crippen molar-refractivity contribution in [1.29, 1.82) is 0 Å². The second-order valence-corrected chi connectivity index (χ2v) is 5.10. The lowest BCUT2D eigenvalue weighted by Crippen LogP contribution is -2.03. The first-order chi connectivity index (χ1) is 9.15. The Bertz CT molecular complexity index is 746. The molecule has 3 aromatic rings. The highest BCUT2D eigenvalue weighted by Gasteiger charge is 2.09. The first-order valence-electron chi connectivity index (χ1n) is 6.18. The molecule has 0 N–H and O–H groups in total. The van der Waals surface area contributed by atoms with E-state index in [2.05, 4.69) is 27.5 Å². The van der Waals surface area contributed by atoms with E-state index in [-0.39, 0.29) is 0 Å². The molecule has 0 bridgehead atoms. The van der Waals surface area contributed by atoms with Gasteiger partial charge in [-0.3, -0.25) is 0 Å². The number of aromatic nitrogens is 3. The van der Waals surface area contributed by atoms with Crippen LogP contribution in [0.1, 0.15) is 17.0 Å². The van der Waals surface area contributed by atoms with Crippen LogP contribution in [0.5, 0.6) is 0 Å². The second-order valence-electron chi connectivity index (χ2n) is 4.66. The largest absolute Gasteiger partial charge is 0.322 e. The predicted octanol–water partition coefficient (Wildman–Crippen LogP) is 3.75. The molecule has 2 aromatic heterocycles. The van der Waals surface area contributed by atoms with E-state index < -0.39 is 0 Å². The van der Waals surface area contributed by atoms with Gasteiger partial charge in [0.15, 0.2) is 5.65 Å². The van der Waals surface area contributed by atoms with Crippen molar-refractivity contribution < 1.29 is 0 Å². The number of pyridine rings is 1. The molecule has 19 heavy (non-hydrogen) atoms. The molecule has 1 aromatic carbocycles. The molecule has 0 aliphatic rings. The first kappa shape index (κ1) is 12.2. The molecule has 0 saturated heterocycles. The number of halogens is 1. The highest BCUT2D eigenvalue weighted by molar-refractivity contribution is 6.30. The monoisotopic (exact) mass is 271 g/mol. The fourth-order valence-electron chi connectivity index (χ4n) is 2.28. The Kier molecular flexibility index (Phi) is 2.99. The highest BCUT2D eigenvalue weighted by Crippen LogP contribution is 2.20. The minimum Gasteiger partial charge on any atom is -0.322 e. The third-order valence-corrected chi connectivity index (χ3v) is 3.58. The maximum atomic E-state index is 6.00. The summed E-state index contributed by atoms with van der Waals surface area (Å²) in [6.45, 7) is 4.87. The number of hydrogen-bond donors (Lipinski definition) is 0. The van der Waals surface area contributed by atoms with E-state index in [1.165, 1.54) is 11.1 Å². The average Bonchev–Trinajstić information content (AvgIpc) is 2.69. The lowest BCUT2D eigenvalue weighted by Gasteiger charge is -2.10. The summed E-state index contributed by atoms with van der Waals surface area (Å²) in [5.41, 5.74) is 4.30. The van der Waals surface area contributed by atoms with Crippen molar-refractivity contribution in [3.05, 3.63) is 58.5 Å². The van der Waals surface area contributed by atoms with Crippen LogP contribution in [-0.4, -0.2) is 14.5 Å². The van der Waals surface area contributed by atoms with Crippen molar-refractivity contribution in [2.75, 3.05) is 0 Å². The number of rotatable bonds is 2. The molecule has 3 nitrogen and oxygen atoms in total. The predicted molar refractivity (Wildman–Crippen MR) is 77.6 cm³/mol. The minimum absolute atomic E-state index is 0.773. The summed E-state index contributed by atoms with van der Waals surface area (Å²) >= 11 is 6.00. The smallest absolute Gasteiger partial charge is 0.177 e. The van der Waals surface area contributed by atoms with Crippen LogP contribution in [0.3, 0.4) is 0 Å². The van der Waals surface area contributed by atoms with E-state index in [0.717, 1.165) is 28.6 Å². The summed E-state index contributed by atoms with van der Waals surface area (Å²) in [4.78, 5) is 8.77. The van der Waals surface area contributed by atoms with Crippen molar-refractivity contribution in [3.63, 3.8) is 0 Å². The zero-order chi connectivity index (χ0) is 13.4. The summed E-state index contributed by atoms with van der Waals surface area (Å²) in [6.07, 6.45) is 1.77. The van der Waals surface area contributed by atoms with Crippen molar-refractivity contribution in [1.82, 2.24) is 14.5 Å². The van der Waals surface area contributed by atoms with E-state index in [9.17, 15) is 0 Å². The third-order valence-electron chi connectivity index (χ3n) is 3.35. The lowest BCUT2D eigenvalue weighted by atomic mass is 10.1. The zero-order valence-electron chi connectivity index (χ0n) is 10.9. The van der Waals surface area contributed by atoms with Crippen LogP contribution in [-0.2, 0) is 6.54 Å². The Hall–Kier alpha value is -1.87. The van der Waals surface area contributed by atoms with Gasteiger partial charge in [-0.25, -0.2) is 9.97 Å². The summed E-state index contributed by atoms with van der Waals surface area (Å²) < 4.78 is 2.18. The van der Waals surface area contributed by atoms with E-state index in [4.69, 9.17) is 11.6 Å². The molecule has 0 aliphatic heterocycles. The number of benzene rings is 1. The van der Waals surface area contributed by atoms with E-state index >= 15 is 0 Å². The van der Waals surface area contributed by atoms with Gasteiger partial charge in [-0.15, -0.1) is 0 Å². The molecule has 2 heterocycles. The van der Waals surface area contributed by atoms with Crippen molar-refractivity contribution >= 4 is 22.8 Å². The fraction of sp³-hybridized carbons (Fsp3) is 0.200. The molecule has 0 amide bonds. The summed E-state index contributed by atoms with van der Waals surface area (Å²) in [5, 5.41) is 0.773. The highest BCUT2D eigenvalue weighted by atomic mass is 35.5. The molecule has 0 atom stereocenters. The summed E-state index contributed by atoms with van der Waals surface area (Å²) in [6, 6.07) is 9.97. The van der Waals surface area contributed by atoms with Gasteiger partial charge in [0.2, 0.25) is 0 Å². The van der Waals surface area contributed by atoms with E-state index in [0.29, 0.717) is 0 Å². The maximum absolute atomic E-state index is 6.00. The van der Waals surface area contributed by atoms with E-state index in [1.54, 1.807) is 6.20 Å². The first-order valence-corrected chi connectivity index (χ1v) is 6.56. The molecule has 3 rings (SSSR count). The van der Waals surface area contributed by atoms with Gasteiger partial charge < -0.3 is 4.57 Å². The zero-order valence-corrected chi connectivity index (χ0v) is 11.6. The van der Waals surface area contributed by atoms with Gasteiger partial charge in [0, 0.05) is 17.8 Å². The van der Waals surface area contributed by atoms with Crippen LogP contribution in [0.2, 0.25) is 5.02 Å². The number of fused-ring (bicyclic) bond motifs is 1. The lowest BCUT2D eigenvalue weighted by molar-refractivity contribution is 0.781. The van der Waals surface area contributed by atoms with Crippen LogP contribution in [0.4, 0.5) is 0 Å². The van der Waals surface area contributed by atoms with Gasteiger partial charge in [-0.1, -0.05) is 17.7 Å². The molecule has 96 valence electrons. The molecular formula is C15H14ClN3. The van der Waals surface area contributed by atoms with Crippen LogP contribution >= 0.6 is 11.6 Å². The summed E-state index contributed by atoms with van der Waals surface area (Å²) in [7, 11) is 0. The molecule has 0 spiro atoms. The standard InChI is InChI=1S/C15H14ClN3/c1-10-8-13(16)6-5-12(10)9-19-11(2)18-15-14(19)4-3-7-17-15/h3-8H,9H2,1-2H3. The van der Waals surface area contributed by atoms with E-state index in [1.807, 2.05) is 31.2 Å². The minimum atomic E-state index is 0.773. The Balaban J connectivity index is 2.08. The Morgan fingerprint density at radius 1 is 1.21 bits per heavy atom. The molecular weight excluding hydrogens is 258 g/mol. The molecule has 0 saturated carbocycles. The molecule has 0 unspecified atom stereocenters. The van der Waals surface area contributed by atoms with Crippen molar-refractivity contribution in [3.8, 4) is 0 Å². The average molecular weight is 272 g/mol.